The molecule has 0 atom stereocenters. The minimum absolute atomic E-state index is 0.0384. The Morgan fingerprint density at radius 2 is 1.76 bits per heavy atom. The summed E-state index contributed by atoms with van der Waals surface area (Å²) in [6, 6.07) is 4.45. The Kier molecular flexibility index (Phi) is 10.4. The van der Waals surface area contributed by atoms with Gasteiger partial charge in [-0.1, -0.05) is 0 Å². The molecule has 15 nitrogen and oxygen atoms in total. The van der Waals surface area contributed by atoms with Crippen LogP contribution in [0.3, 0.4) is 0 Å². The van der Waals surface area contributed by atoms with Crippen LogP contribution in [0.1, 0.15) is 21.6 Å². The number of aliphatic carboxylic acids is 2. The van der Waals surface area contributed by atoms with Gasteiger partial charge in [-0.2, -0.15) is 5.10 Å². The number of anilines is 3. The van der Waals surface area contributed by atoms with Crippen molar-refractivity contribution in [3.8, 4) is 17.1 Å². The first-order chi connectivity index (χ1) is 21.8. The predicted octanol–water partition coefficient (Wildman–Crippen LogP) is 1.64. The van der Waals surface area contributed by atoms with Crippen LogP contribution in [-0.2, 0) is 29.0 Å². The number of benzene rings is 1. The second-order valence-corrected chi connectivity index (χ2v) is 10.2. The van der Waals surface area contributed by atoms with Crippen LogP contribution in [0.15, 0.2) is 36.5 Å². The highest BCUT2D eigenvalue weighted by Gasteiger charge is 2.33. The average Bonchev–Trinajstić information content (AvgIpc) is 3.36. The molecule has 0 bridgehead atoms. The molecule has 3 heterocycles. The Labute approximate surface area is 259 Å². The van der Waals surface area contributed by atoms with Gasteiger partial charge in [-0.05, 0) is 43.7 Å². The second-order valence-electron chi connectivity index (χ2n) is 10.2. The third-order valence-electron chi connectivity index (χ3n) is 7.00. The highest BCUT2D eigenvalue weighted by molar-refractivity contribution is 5.94. The van der Waals surface area contributed by atoms with Crippen molar-refractivity contribution >= 4 is 35.2 Å². The molecular weight excluding hydrogens is 617 g/mol. The first-order valence-corrected chi connectivity index (χ1v) is 13.9. The number of alkyl halides is 3. The van der Waals surface area contributed by atoms with Crippen molar-refractivity contribution in [1.29, 1.82) is 0 Å². The minimum atomic E-state index is -4.89. The third-order valence-corrected chi connectivity index (χ3v) is 7.00. The van der Waals surface area contributed by atoms with Crippen molar-refractivity contribution in [2.75, 3.05) is 50.1 Å². The molecule has 2 aromatic heterocycles. The number of rotatable bonds is 9. The van der Waals surface area contributed by atoms with Gasteiger partial charge in [0.15, 0.2) is 11.4 Å². The van der Waals surface area contributed by atoms with Gasteiger partial charge in [-0.3, -0.25) is 9.48 Å². The number of aromatic nitrogens is 4. The molecule has 0 saturated carbocycles. The summed E-state index contributed by atoms with van der Waals surface area (Å²) in [4.78, 5) is 44.2. The lowest BCUT2D eigenvalue weighted by Gasteiger charge is -2.34. The molecule has 1 aromatic carbocycles. The fourth-order valence-electron chi connectivity index (χ4n) is 4.92. The zero-order chi connectivity index (χ0) is 33.6. The lowest BCUT2D eigenvalue weighted by atomic mass is 9.93. The molecule has 2 aliphatic rings. The topological polar surface area (TPSA) is 209 Å². The van der Waals surface area contributed by atoms with Gasteiger partial charge in [0.05, 0.1) is 30.2 Å². The zero-order valence-electron chi connectivity index (χ0n) is 24.5. The monoisotopic (exact) mass is 648 g/mol. The molecule has 0 radical (unpaired) electrons. The number of nitrogens with one attached hydrogen (secondary N) is 1. The molecule has 46 heavy (non-hydrogen) atoms. The summed E-state index contributed by atoms with van der Waals surface area (Å²) >= 11 is 0. The zero-order valence-corrected chi connectivity index (χ0v) is 24.5. The molecule has 5 rings (SSSR count). The van der Waals surface area contributed by atoms with E-state index in [0.717, 1.165) is 37.4 Å². The van der Waals surface area contributed by atoms with Gasteiger partial charge in [0.1, 0.15) is 0 Å². The molecule has 1 aliphatic heterocycles. The fourth-order valence-corrected chi connectivity index (χ4v) is 4.92. The van der Waals surface area contributed by atoms with E-state index in [1.165, 1.54) is 10.7 Å². The number of hydrogen-bond donors (Lipinski definition) is 5. The Balaban J connectivity index is 0.000000533. The Morgan fingerprint density at radius 1 is 1.09 bits per heavy atom. The van der Waals surface area contributed by atoms with Gasteiger partial charge >= 0.3 is 18.3 Å². The minimum Gasteiger partial charge on any atom is -0.478 e. The number of aliphatic hydroxyl groups is 1. The molecule has 0 spiro atoms. The van der Waals surface area contributed by atoms with Crippen LogP contribution in [0, 0.1) is 0 Å². The lowest BCUT2D eigenvalue weighted by Crippen LogP contribution is -2.44. The Hall–Kier alpha value is -5.23. The number of carbonyl (C=O) groups is 3. The molecule has 1 aliphatic carbocycles. The third kappa shape index (κ3) is 8.48. The van der Waals surface area contributed by atoms with Crippen LogP contribution < -0.4 is 20.7 Å². The summed E-state index contributed by atoms with van der Waals surface area (Å²) in [6.45, 7) is 2.99. The summed E-state index contributed by atoms with van der Waals surface area (Å²) in [6.07, 6.45) is -1.18. The van der Waals surface area contributed by atoms with Crippen molar-refractivity contribution in [3.63, 3.8) is 0 Å². The standard InChI is InChI=1S/C24H27F3N8O3.C4H4O4/c1-33-6-8-34(9-7-33)15-3-5-18(38-24(25,26)27)17(12-15)30-23-29-13-14-2-4-16-20(22(28)37)32-35(10-11-36)21(16)19(14)31-23;5-3(6)1-2-4(7)8/h3,5,12-13,36H,2,4,6-11H2,1H3,(H2,28,37)(H,29,30,31);1-2H,(H,5,6)(H,7,8)/b;2-1+. The van der Waals surface area contributed by atoms with Gasteiger partial charge in [-0.15, -0.1) is 13.2 Å². The number of ether oxygens (including phenoxy) is 1. The van der Waals surface area contributed by atoms with Crippen molar-refractivity contribution in [1.82, 2.24) is 24.6 Å². The number of nitrogens with zero attached hydrogens (tertiary/aromatic N) is 6. The van der Waals surface area contributed by atoms with E-state index in [2.05, 4.69) is 34.9 Å². The summed E-state index contributed by atoms with van der Waals surface area (Å²) in [7, 11) is 2.02. The van der Waals surface area contributed by atoms with E-state index in [9.17, 15) is 32.7 Å². The summed E-state index contributed by atoms with van der Waals surface area (Å²) in [5.74, 6) is -3.58. The number of aryl methyl sites for hydroxylation is 1. The van der Waals surface area contributed by atoms with Gasteiger partial charge < -0.3 is 40.9 Å². The van der Waals surface area contributed by atoms with E-state index in [1.807, 2.05) is 7.05 Å². The van der Waals surface area contributed by atoms with E-state index in [4.69, 9.17) is 15.9 Å². The van der Waals surface area contributed by atoms with Crippen molar-refractivity contribution < 1.29 is 47.6 Å². The highest BCUT2D eigenvalue weighted by atomic mass is 19.4. The summed E-state index contributed by atoms with van der Waals surface area (Å²) < 4.78 is 45.2. The normalized spacial score (nSPS) is 14.6. The lowest BCUT2D eigenvalue weighted by molar-refractivity contribution is -0.274. The molecule has 3 aromatic rings. The number of carboxylic acids is 2. The maximum atomic E-state index is 13.2. The molecular formula is C28H31F3N8O7. The first-order valence-electron chi connectivity index (χ1n) is 13.9. The number of likely N-dealkylation sites (N-methyl/N-ethyl adjacent to an activating group) is 1. The van der Waals surface area contributed by atoms with Gasteiger partial charge in [0.2, 0.25) is 5.95 Å². The van der Waals surface area contributed by atoms with Crippen LogP contribution in [0.2, 0.25) is 0 Å². The maximum Gasteiger partial charge on any atom is 0.573 e. The number of halogens is 3. The van der Waals surface area contributed by atoms with Crippen LogP contribution >= 0.6 is 0 Å². The SMILES string of the molecule is CN1CCN(c2ccc(OC(F)(F)F)c(Nc3ncc4c(n3)-c3c(c(C(N)=O)nn3CCO)CC4)c2)CC1.O=C(O)/C=C/C(=O)O. The number of piperazine rings is 1. The van der Waals surface area contributed by atoms with E-state index >= 15 is 0 Å². The summed E-state index contributed by atoms with van der Waals surface area (Å²) in [5, 5.41) is 32.3. The second kappa shape index (κ2) is 14.2. The van der Waals surface area contributed by atoms with E-state index in [0.29, 0.717) is 41.9 Å². The van der Waals surface area contributed by atoms with E-state index in [1.54, 1.807) is 18.3 Å². The highest BCUT2D eigenvalue weighted by Crippen LogP contribution is 2.38. The predicted molar refractivity (Wildman–Crippen MR) is 157 cm³/mol. The summed E-state index contributed by atoms with van der Waals surface area (Å²) in [5.41, 5.74) is 8.79. The number of primary amides is 1. The number of fused-ring (bicyclic) bond motifs is 3. The van der Waals surface area contributed by atoms with E-state index in [-0.39, 0.29) is 30.5 Å². The number of hydrogen-bond acceptors (Lipinski definition) is 11. The first kappa shape index (κ1) is 33.7. The van der Waals surface area contributed by atoms with Gasteiger partial charge in [0, 0.05) is 55.8 Å². The van der Waals surface area contributed by atoms with Gasteiger partial charge in [0.25, 0.3) is 5.91 Å². The van der Waals surface area contributed by atoms with Gasteiger partial charge in [-0.25, -0.2) is 19.6 Å². The van der Waals surface area contributed by atoms with Crippen molar-refractivity contribution in [3.05, 3.63) is 53.4 Å². The van der Waals surface area contributed by atoms with Crippen molar-refractivity contribution in [2.45, 2.75) is 25.7 Å². The molecule has 0 unspecified atom stereocenters. The number of carbonyl (C=O) groups excluding carboxylic acids is 1. The molecule has 246 valence electrons. The molecule has 1 fully saturated rings. The largest absolute Gasteiger partial charge is 0.573 e. The molecule has 1 saturated heterocycles. The van der Waals surface area contributed by atoms with Crippen LogP contribution in [-0.4, -0.2) is 104 Å². The Morgan fingerprint density at radius 3 is 2.35 bits per heavy atom. The number of nitrogens with two attached hydrogens (primary N) is 1. The smallest absolute Gasteiger partial charge is 0.478 e. The fraction of sp³-hybridized carbons (Fsp3) is 0.357. The quantitative estimate of drug-likeness (QED) is 0.209. The molecule has 6 N–H and O–H groups in total. The maximum absolute atomic E-state index is 13.2. The van der Waals surface area contributed by atoms with Crippen LogP contribution in [0.5, 0.6) is 5.75 Å². The van der Waals surface area contributed by atoms with Crippen LogP contribution in [0.4, 0.5) is 30.5 Å². The number of carboxylic acid groups (broad SMARTS) is 2. The number of aliphatic hydroxyl groups excluding tert-OH is 1. The van der Waals surface area contributed by atoms with E-state index < -0.39 is 30.0 Å². The average molecular weight is 649 g/mol. The Bertz CT molecular complexity index is 1620. The van der Waals surface area contributed by atoms with Crippen molar-refractivity contribution in [2.24, 2.45) is 5.73 Å². The number of amides is 1. The molecule has 1 amide bonds. The van der Waals surface area contributed by atoms with Crippen LogP contribution in [0.25, 0.3) is 11.4 Å². The molecule has 18 heteroatoms.